The third-order valence-electron chi connectivity index (χ3n) is 6.12. The van der Waals surface area contributed by atoms with E-state index in [2.05, 4.69) is 15.6 Å². The molecule has 3 aromatic carbocycles. The van der Waals surface area contributed by atoms with Gasteiger partial charge in [-0.15, -0.1) is 5.10 Å². The lowest BCUT2D eigenvalue weighted by Crippen LogP contribution is -2.50. The van der Waals surface area contributed by atoms with Crippen LogP contribution in [0, 0.1) is 0 Å². The van der Waals surface area contributed by atoms with E-state index >= 15 is 0 Å². The molecular weight excluding hydrogens is 498 g/mol. The highest BCUT2D eigenvalue weighted by molar-refractivity contribution is 6.02. The van der Waals surface area contributed by atoms with Crippen LogP contribution in [0.15, 0.2) is 66.7 Å². The van der Waals surface area contributed by atoms with Crippen LogP contribution in [-0.2, 0) is 16.1 Å². The Kier molecular flexibility index (Phi) is 7.10. The molecule has 202 valence electrons. The second-order valence-electron chi connectivity index (χ2n) is 10.2. The van der Waals surface area contributed by atoms with E-state index in [0.717, 1.165) is 0 Å². The lowest BCUT2D eigenvalue weighted by Gasteiger charge is -2.34. The minimum atomic E-state index is -0.998. The molecule has 0 radical (unpaired) electrons. The molecule has 0 spiro atoms. The molecule has 5 rings (SSSR count). The zero-order valence-electron chi connectivity index (χ0n) is 22.4. The fourth-order valence-electron chi connectivity index (χ4n) is 4.48. The second-order valence-corrected chi connectivity index (χ2v) is 10.2. The summed E-state index contributed by atoms with van der Waals surface area (Å²) in [5.41, 5.74) is 1.96. The first-order valence-electron chi connectivity index (χ1n) is 12.8. The van der Waals surface area contributed by atoms with Crippen molar-refractivity contribution in [2.45, 2.75) is 45.8 Å². The topological polar surface area (TPSA) is 108 Å². The molecule has 4 aromatic rings. The number of rotatable bonds is 8. The number of hydrogen-bond donors (Lipinski definition) is 1. The van der Waals surface area contributed by atoms with Gasteiger partial charge in [0.05, 0.1) is 12.1 Å². The number of hydrogen-bond acceptors (Lipinski definition) is 7. The SMILES string of the molecule is CCOc1ccc(C(C(=O)NC(C)(C)C)N(C(=O)Cn2nnc3ccccc32)c2ccc3c(c2)OCO3)cc1. The van der Waals surface area contributed by atoms with Crippen LogP contribution in [-0.4, -0.2) is 45.7 Å². The van der Waals surface area contributed by atoms with Crippen molar-refractivity contribution in [3.63, 3.8) is 0 Å². The average Bonchev–Trinajstić information content (AvgIpc) is 3.53. The number of anilines is 1. The normalized spacial score (nSPS) is 13.2. The quantitative estimate of drug-likeness (QED) is 0.364. The number of ether oxygens (including phenoxy) is 3. The summed E-state index contributed by atoms with van der Waals surface area (Å²) in [5.74, 6) is 1.06. The molecule has 1 aliphatic heterocycles. The molecule has 0 saturated carbocycles. The van der Waals surface area contributed by atoms with Crippen molar-refractivity contribution in [1.29, 1.82) is 0 Å². The zero-order chi connectivity index (χ0) is 27.6. The summed E-state index contributed by atoms with van der Waals surface area (Å²) < 4.78 is 18.2. The van der Waals surface area contributed by atoms with Gasteiger partial charge in [0.25, 0.3) is 0 Å². The number of para-hydroxylation sites is 1. The number of carbonyl (C=O) groups excluding carboxylic acids is 2. The lowest BCUT2D eigenvalue weighted by molar-refractivity contribution is -0.128. The monoisotopic (exact) mass is 529 g/mol. The highest BCUT2D eigenvalue weighted by Gasteiger charge is 2.35. The summed E-state index contributed by atoms with van der Waals surface area (Å²) in [6.07, 6.45) is 0. The summed E-state index contributed by atoms with van der Waals surface area (Å²) in [5, 5.41) is 11.4. The predicted octanol–water partition coefficient (Wildman–Crippen LogP) is 4.25. The highest BCUT2D eigenvalue weighted by Crippen LogP contribution is 2.38. The van der Waals surface area contributed by atoms with E-state index in [0.29, 0.717) is 46.1 Å². The highest BCUT2D eigenvalue weighted by atomic mass is 16.7. The standard InChI is InChI=1S/C29H31N5O5/c1-5-37-21-13-10-19(11-14-21)27(28(36)30-29(2,3)4)34(20-12-15-24-25(16-20)39-18-38-24)26(35)17-33-23-9-7-6-8-22(23)31-32-33/h6-16,27H,5,17-18H2,1-4H3,(H,30,36). The number of fused-ring (bicyclic) bond motifs is 2. The van der Waals surface area contributed by atoms with E-state index in [1.54, 1.807) is 42.5 Å². The summed E-state index contributed by atoms with van der Waals surface area (Å²) >= 11 is 0. The van der Waals surface area contributed by atoms with Crippen molar-refractivity contribution in [3.05, 3.63) is 72.3 Å². The Morgan fingerprint density at radius 2 is 1.79 bits per heavy atom. The van der Waals surface area contributed by atoms with Crippen molar-refractivity contribution in [2.24, 2.45) is 0 Å². The number of nitrogens with one attached hydrogen (secondary N) is 1. The molecule has 10 heteroatoms. The first-order chi connectivity index (χ1) is 18.7. The van der Waals surface area contributed by atoms with Crippen molar-refractivity contribution < 1.29 is 23.8 Å². The predicted molar refractivity (Wildman–Crippen MR) is 146 cm³/mol. The fourth-order valence-corrected chi connectivity index (χ4v) is 4.48. The van der Waals surface area contributed by atoms with E-state index < -0.39 is 11.6 Å². The molecular formula is C29H31N5O5. The molecule has 2 amide bonds. The van der Waals surface area contributed by atoms with Gasteiger partial charge in [-0.2, -0.15) is 0 Å². The Hall–Kier alpha value is -4.60. The van der Waals surface area contributed by atoms with Crippen molar-refractivity contribution >= 4 is 28.5 Å². The molecule has 39 heavy (non-hydrogen) atoms. The third-order valence-corrected chi connectivity index (χ3v) is 6.12. The molecule has 1 atom stereocenters. The van der Waals surface area contributed by atoms with E-state index in [9.17, 15) is 9.59 Å². The van der Waals surface area contributed by atoms with E-state index in [1.807, 2.05) is 52.0 Å². The Bertz CT molecular complexity index is 1490. The van der Waals surface area contributed by atoms with Crippen LogP contribution in [0.3, 0.4) is 0 Å². The minimum Gasteiger partial charge on any atom is -0.494 e. The van der Waals surface area contributed by atoms with Gasteiger partial charge in [0.2, 0.25) is 18.6 Å². The number of benzene rings is 3. The van der Waals surface area contributed by atoms with Crippen LogP contribution in [0.5, 0.6) is 17.2 Å². The molecule has 0 bridgehead atoms. The number of amides is 2. The van der Waals surface area contributed by atoms with Crippen LogP contribution < -0.4 is 24.4 Å². The molecule has 0 saturated heterocycles. The minimum absolute atomic E-state index is 0.0878. The maximum atomic E-state index is 14.2. The van der Waals surface area contributed by atoms with E-state index in [1.165, 1.54) is 9.58 Å². The molecule has 0 aliphatic carbocycles. The summed E-state index contributed by atoms with van der Waals surface area (Å²) in [6, 6.07) is 18.8. The molecule has 10 nitrogen and oxygen atoms in total. The van der Waals surface area contributed by atoms with Gasteiger partial charge in [-0.05, 0) is 69.7 Å². The molecule has 2 heterocycles. The Labute approximate surface area is 226 Å². The maximum Gasteiger partial charge on any atom is 0.249 e. The smallest absolute Gasteiger partial charge is 0.249 e. The second kappa shape index (κ2) is 10.6. The van der Waals surface area contributed by atoms with Gasteiger partial charge in [-0.3, -0.25) is 14.5 Å². The first-order valence-corrected chi connectivity index (χ1v) is 12.8. The average molecular weight is 530 g/mol. The molecule has 1 aromatic heterocycles. The summed E-state index contributed by atoms with van der Waals surface area (Å²) in [7, 11) is 0. The lowest BCUT2D eigenvalue weighted by atomic mass is 10.0. The van der Waals surface area contributed by atoms with Gasteiger partial charge in [-0.1, -0.05) is 29.5 Å². The van der Waals surface area contributed by atoms with Crippen LogP contribution in [0.4, 0.5) is 5.69 Å². The molecule has 1 unspecified atom stereocenters. The fraction of sp³-hybridized carbons (Fsp3) is 0.310. The molecule has 0 fully saturated rings. The first kappa shape index (κ1) is 26.0. The van der Waals surface area contributed by atoms with Gasteiger partial charge in [0.1, 0.15) is 23.9 Å². The summed E-state index contributed by atoms with van der Waals surface area (Å²) in [4.78, 5) is 29.6. The Balaban J connectivity index is 1.61. The van der Waals surface area contributed by atoms with Crippen LogP contribution in [0.25, 0.3) is 11.0 Å². The maximum absolute atomic E-state index is 14.2. The number of nitrogens with zero attached hydrogens (tertiary/aromatic N) is 4. The molecule has 1 N–H and O–H groups in total. The van der Waals surface area contributed by atoms with Gasteiger partial charge in [0, 0.05) is 17.3 Å². The summed E-state index contributed by atoms with van der Waals surface area (Å²) in [6.45, 7) is 8.06. The largest absolute Gasteiger partial charge is 0.494 e. The van der Waals surface area contributed by atoms with Gasteiger partial charge in [-0.25, -0.2) is 4.68 Å². The van der Waals surface area contributed by atoms with Crippen LogP contribution >= 0.6 is 0 Å². The van der Waals surface area contributed by atoms with E-state index in [-0.39, 0.29) is 25.2 Å². The van der Waals surface area contributed by atoms with Crippen molar-refractivity contribution in [2.75, 3.05) is 18.3 Å². The number of aromatic nitrogens is 3. The Morgan fingerprint density at radius 1 is 1.05 bits per heavy atom. The van der Waals surface area contributed by atoms with Gasteiger partial charge in [0.15, 0.2) is 11.5 Å². The van der Waals surface area contributed by atoms with Crippen LogP contribution in [0.1, 0.15) is 39.3 Å². The third kappa shape index (κ3) is 5.64. The van der Waals surface area contributed by atoms with Crippen molar-refractivity contribution in [3.8, 4) is 17.2 Å². The van der Waals surface area contributed by atoms with Crippen LogP contribution in [0.2, 0.25) is 0 Å². The number of carbonyl (C=O) groups is 2. The van der Waals surface area contributed by atoms with Crippen molar-refractivity contribution in [1.82, 2.24) is 20.3 Å². The van der Waals surface area contributed by atoms with E-state index in [4.69, 9.17) is 14.2 Å². The molecule has 1 aliphatic rings. The van der Waals surface area contributed by atoms with Gasteiger partial charge < -0.3 is 19.5 Å². The Morgan fingerprint density at radius 3 is 2.54 bits per heavy atom. The zero-order valence-corrected chi connectivity index (χ0v) is 22.4. The van der Waals surface area contributed by atoms with Gasteiger partial charge >= 0.3 is 0 Å².